The van der Waals surface area contributed by atoms with Crippen molar-refractivity contribution in [3.8, 4) is 0 Å². The molecule has 0 spiro atoms. The molecule has 0 aromatic rings. The molecule has 4 saturated carbocycles. The molecule has 0 radical (unpaired) electrons. The largest absolute Gasteiger partial charge is 0.393 e. The van der Waals surface area contributed by atoms with Crippen LogP contribution in [0.15, 0.2) is 0 Å². The van der Waals surface area contributed by atoms with E-state index in [0.717, 1.165) is 25.7 Å². The Morgan fingerprint density at radius 2 is 1.92 bits per heavy atom. The maximum Gasteiger partial charge on any atom is 0.190 e. The Morgan fingerprint density at radius 1 is 1.19 bits per heavy atom. The van der Waals surface area contributed by atoms with Crippen molar-refractivity contribution in [3.05, 3.63) is 0 Å². The van der Waals surface area contributed by atoms with Gasteiger partial charge in [0.05, 0.1) is 6.10 Å². The molecule has 0 unspecified atom stereocenters. The SMILES string of the molecule is C[C@]12CCC(=O)C[C@H]1CC[C@@H]1[C@@H]2[C@@H](O)C[C@@]2(C)[C@@H]1CC[C@]2(O)C(=O)CO. The van der Waals surface area contributed by atoms with Gasteiger partial charge in [-0.15, -0.1) is 0 Å². The average Bonchev–Trinajstić information content (AvgIpc) is 2.86. The summed E-state index contributed by atoms with van der Waals surface area (Å²) in [5.41, 5.74) is -2.24. The highest BCUT2D eigenvalue weighted by Gasteiger charge is 2.68. The van der Waals surface area contributed by atoms with Gasteiger partial charge in [0, 0.05) is 18.3 Å². The summed E-state index contributed by atoms with van der Waals surface area (Å²) in [5.74, 6) is 0.800. The van der Waals surface area contributed by atoms with Crippen LogP contribution in [-0.4, -0.2) is 45.2 Å². The highest BCUT2D eigenvalue weighted by atomic mass is 16.3. The second-order valence-corrected chi connectivity index (χ2v) is 9.99. The van der Waals surface area contributed by atoms with E-state index in [9.17, 15) is 24.9 Å². The summed E-state index contributed by atoms with van der Waals surface area (Å²) in [6, 6.07) is 0. The van der Waals surface area contributed by atoms with Crippen molar-refractivity contribution in [2.75, 3.05) is 6.61 Å². The van der Waals surface area contributed by atoms with Crippen LogP contribution in [0.2, 0.25) is 0 Å². The zero-order valence-corrected chi connectivity index (χ0v) is 15.9. The van der Waals surface area contributed by atoms with Gasteiger partial charge in [0.25, 0.3) is 0 Å². The molecule has 146 valence electrons. The first-order valence-corrected chi connectivity index (χ1v) is 10.2. The lowest BCUT2D eigenvalue weighted by molar-refractivity contribution is -0.198. The standard InChI is InChI=1S/C21H32O5/c1-19-7-5-13(23)9-12(19)3-4-14-15-6-8-21(26,17(25)11-22)20(15,2)10-16(24)18(14)19/h12,14-16,18,22,24,26H,3-11H2,1-2H3/t12-,14+,15-,16+,18-,19+,20+,21+/m1/s1. The van der Waals surface area contributed by atoms with Gasteiger partial charge in [0.2, 0.25) is 0 Å². The molecule has 5 heteroatoms. The van der Waals surface area contributed by atoms with Crippen LogP contribution in [0.3, 0.4) is 0 Å². The van der Waals surface area contributed by atoms with E-state index < -0.39 is 29.5 Å². The normalized spacial score (nSPS) is 53.6. The molecule has 0 aliphatic heterocycles. The Bertz CT molecular complexity index is 632. The molecule has 8 atom stereocenters. The first kappa shape index (κ1) is 18.6. The van der Waals surface area contributed by atoms with E-state index in [2.05, 4.69) is 6.92 Å². The molecule has 4 aliphatic rings. The number of Topliss-reactive ketones (excluding diaryl/α,β-unsaturated/α-hetero) is 2. The van der Waals surface area contributed by atoms with Gasteiger partial charge in [-0.25, -0.2) is 0 Å². The van der Waals surface area contributed by atoms with Gasteiger partial charge in [-0.2, -0.15) is 0 Å². The molecule has 4 aliphatic carbocycles. The van der Waals surface area contributed by atoms with Crippen LogP contribution in [0.1, 0.15) is 65.2 Å². The molecule has 0 heterocycles. The van der Waals surface area contributed by atoms with Crippen LogP contribution in [0.5, 0.6) is 0 Å². The molecule has 4 rings (SSSR count). The molecule has 26 heavy (non-hydrogen) atoms. The fraction of sp³-hybridized carbons (Fsp3) is 0.905. The number of aliphatic hydroxyl groups is 3. The highest BCUT2D eigenvalue weighted by molar-refractivity contribution is 5.89. The Hall–Kier alpha value is -0.780. The second-order valence-electron chi connectivity index (χ2n) is 9.99. The van der Waals surface area contributed by atoms with Crippen LogP contribution >= 0.6 is 0 Å². The summed E-state index contributed by atoms with van der Waals surface area (Å²) in [4.78, 5) is 24.3. The first-order valence-electron chi connectivity index (χ1n) is 10.2. The molecular weight excluding hydrogens is 332 g/mol. The summed E-state index contributed by atoms with van der Waals surface area (Å²) in [7, 11) is 0. The lowest BCUT2D eigenvalue weighted by atomic mass is 9.43. The monoisotopic (exact) mass is 364 g/mol. The molecule has 3 N–H and O–H groups in total. The number of hydrogen-bond donors (Lipinski definition) is 3. The van der Waals surface area contributed by atoms with Crippen molar-refractivity contribution in [2.45, 2.75) is 76.9 Å². The molecule has 0 aromatic heterocycles. The predicted molar refractivity (Wildman–Crippen MR) is 95.2 cm³/mol. The number of aliphatic hydroxyl groups excluding tert-OH is 2. The Labute approximate surface area is 155 Å². The minimum absolute atomic E-state index is 0.0285. The van der Waals surface area contributed by atoms with Crippen molar-refractivity contribution < 1.29 is 24.9 Å². The van der Waals surface area contributed by atoms with Crippen LogP contribution in [0.4, 0.5) is 0 Å². The number of hydrogen-bond acceptors (Lipinski definition) is 5. The lowest BCUT2D eigenvalue weighted by Crippen LogP contribution is -2.63. The molecular formula is C21H32O5. The second kappa shape index (κ2) is 5.86. The van der Waals surface area contributed by atoms with Crippen molar-refractivity contribution in [1.82, 2.24) is 0 Å². The molecule has 0 amide bonds. The third-order valence-electron chi connectivity index (χ3n) is 9.17. The molecule has 0 saturated heterocycles. The average molecular weight is 364 g/mol. The first-order chi connectivity index (χ1) is 12.2. The van der Waals surface area contributed by atoms with E-state index in [4.69, 9.17) is 0 Å². The van der Waals surface area contributed by atoms with Gasteiger partial charge in [0.15, 0.2) is 5.78 Å². The fourth-order valence-electron chi connectivity index (χ4n) is 7.76. The van der Waals surface area contributed by atoms with Gasteiger partial charge in [-0.3, -0.25) is 9.59 Å². The predicted octanol–water partition coefficient (Wildman–Crippen LogP) is 1.86. The minimum Gasteiger partial charge on any atom is -0.393 e. The topological polar surface area (TPSA) is 94.8 Å². The fourth-order valence-corrected chi connectivity index (χ4v) is 7.76. The smallest absolute Gasteiger partial charge is 0.190 e. The van der Waals surface area contributed by atoms with Crippen LogP contribution in [0, 0.1) is 34.5 Å². The van der Waals surface area contributed by atoms with Crippen LogP contribution < -0.4 is 0 Å². The number of carbonyl (C=O) groups excluding carboxylic acids is 2. The summed E-state index contributed by atoms with van der Waals surface area (Å²) in [6.07, 6.45) is 5.02. The molecule has 5 nitrogen and oxygen atoms in total. The summed E-state index contributed by atoms with van der Waals surface area (Å²) in [5, 5.41) is 31.8. The van der Waals surface area contributed by atoms with Crippen molar-refractivity contribution in [1.29, 1.82) is 0 Å². The lowest BCUT2D eigenvalue weighted by Gasteiger charge is -2.62. The minimum atomic E-state index is -1.53. The van der Waals surface area contributed by atoms with Crippen molar-refractivity contribution >= 4 is 11.6 Å². The van der Waals surface area contributed by atoms with Gasteiger partial charge >= 0.3 is 0 Å². The van der Waals surface area contributed by atoms with E-state index in [1.807, 2.05) is 6.92 Å². The quantitative estimate of drug-likeness (QED) is 0.695. The third kappa shape index (κ3) is 2.20. The van der Waals surface area contributed by atoms with Crippen molar-refractivity contribution in [2.24, 2.45) is 34.5 Å². The molecule has 0 aromatic carbocycles. The number of ketones is 2. The number of rotatable bonds is 2. The van der Waals surface area contributed by atoms with Gasteiger partial charge in [-0.05, 0) is 67.6 Å². The Kier molecular flexibility index (Phi) is 4.18. The third-order valence-corrected chi connectivity index (χ3v) is 9.17. The highest BCUT2D eigenvalue weighted by Crippen LogP contribution is 2.68. The van der Waals surface area contributed by atoms with Gasteiger partial charge < -0.3 is 15.3 Å². The maximum atomic E-state index is 12.4. The van der Waals surface area contributed by atoms with Crippen LogP contribution in [0.25, 0.3) is 0 Å². The van der Waals surface area contributed by atoms with E-state index in [1.165, 1.54) is 0 Å². The number of fused-ring (bicyclic) bond motifs is 5. The number of carbonyl (C=O) groups is 2. The van der Waals surface area contributed by atoms with Gasteiger partial charge in [-0.1, -0.05) is 13.8 Å². The van der Waals surface area contributed by atoms with Gasteiger partial charge in [0.1, 0.15) is 18.0 Å². The zero-order valence-electron chi connectivity index (χ0n) is 15.9. The van der Waals surface area contributed by atoms with Crippen LogP contribution in [-0.2, 0) is 9.59 Å². The van der Waals surface area contributed by atoms with E-state index in [-0.39, 0.29) is 23.2 Å². The zero-order chi connectivity index (χ0) is 18.9. The Morgan fingerprint density at radius 3 is 2.62 bits per heavy atom. The van der Waals surface area contributed by atoms with E-state index >= 15 is 0 Å². The summed E-state index contributed by atoms with van der Waals surface area (Å²) >= 11 is 0. The molecule has 0 bridgehead atoms. The summed E-state index contributed by atoms with van der Waals surface area (Å²) < 4.78 is 0. The Balaban J connectivity index is 1.70. The maximum absolute atomic E-state index is 12.4. The summed E-state index contributed by atoms with van der Waals surface area (Å²) in [6.45, 7) is 3.55. The van der Waals surface area contributed by atoms with Crippen molar-refractivity contribution in [3.63, 3.8) is 0 Å². The van der Waals surface area contributed by atoms with E-state index in [1.54, 1.807) is 0 Å². The van der Waals surface area contributed by atoms with E-state index in [0.29, 0.717) is 37.4 Å². The molecule has 4 fully saturated rings.